The second-order valence-electron chi connectivity index (χ2n) is 13.7. The standard InChI is InChI=1S/C42H42Cl2N6O6S/c1-25(51)47-15-19-49(20-16-47)37(55)13-5-27-3-11-35(41(43)39(27)31-9-7-29(45)23-33(31)53)57-36-12-4-28(40(42(36)44)32-10-8-30(46)24-34(32)54)6-14-38(56)50-21-17-48(18-22-50)26(2)52/h3-14,23-24,53-54H,15-22,45-46H2,1-2H3. The van der Waals surface area contributed by atoms with Gasteiger partial charge in [0.1, 0.15) is 11.5 Å². The van der Waals surface area contributed by atoms with Gasteiger partial charge in [0, 0.05) is 134 Å². The van der Waals surface area contributed by atoms with E-state index in [1.807, 2.05) is 0 Å². The van der Waals surface area contributed by atoms with Crippen LogP contribution in [0.25, 0.3) is 34.4 Å². The minimum absolute atomic E-state index is 0.0309. The summed E-state index contributed by atoms with van der Waals surface area (Å²) in [5, 5.41) is 22.6. The van der Waals surface area contributed by atoms with Gasteiger partial charge in [0.15, 0.2) is 0 Å². The van der Waals surface area contributed by atoms with Gasteiger partial charge in [-0.1, -0.05) is 47.1 Å². The van der Waals surface area contributed by atoms with Gasteiger partial charge in [-0.05, 0) is 59.7 Å². The Labute approximate surface area is 344 Å². The molecule has 2 fully saturated rings. The molecule has 4 aromatic rings. The second-order valence-corrected chi connectivity index (χ2v) is 15.5. The van der Waals surface area contributed by atoms with Crippen molar-refractivity contribution < 1.29 is 29.4 Å². The zero-order valence-electron chi connectivity index (χ0n) is 31.4. The Morgan fingerprint density at radius 1 is 0.579 bits per heavy atom. The molecule has 0 saturated carbocycles. The summed E-state index contributed by atoms with van der Waals surface area (Å²) in [6, 6.07) is 16.6. The van der Waals surface area contributed by atoms with Crippen molar-refractivity contribution in [2.75, 3.05) is 63.8 Å². The molecule has 12 nitrogen and oxygen atoms in total. The number of benzene rings is 4. The largest absolute Gasteiger partial charge is 0.507 e. The van der Waals surface area contributed by atoms with Crippen LogP contribution >= 0.6 is 35.0 Å². The normalized spacial score (nSPS) is 14.8. The van der Waals surface area contributed by atoms with Crippen LogP contribution in [0, 0.1) is 0 Å². The highest BCUT2D eigenvalue weighted by Gasteiger charge is 2.24. The molecule has 2 saturated heterocycles. The number of nitrogen functional groups attached to an aromatic ring is 2. The summed E-state index contributed by atoms with van der Waals surface area (Å²) in [5.74, 6) is -0.723. The molecule has 0 radical (unpaired) electrons. The molecular formula is C42H42Cl2N6O6S. The van der Waals surface area contributed by atoms with Crippen LogP contribution in [0.4, 0.5) is 11.4 Å². The van der Waals surface area contributed by atoms with Crippen molar-refractivity contribution in [3.63, 3.8) is 0 Å². The third-order valence-corrected chi connectivity index (χ3v) is 12.1. The van der Waals surface area contributed by atoms with Gasteiger partial charge < -0.3 is 41.3 Å². The summed E-state index contributed by atoms with van der Waals surface area (Å²) in [4.78, 5) is 57.8. The number of piperazine rings is 2. The number of hydrogen-bond donors (Lipinski definition) is 4. The van der Waals surface area contributed by atoms with Crippen LogP contribution in [-0.4, -0.2) is 106 Å². The number of phenols is 2. The second kappa shape index (κ2) is 17.7. The summed E-state index contributed by atoms with van der Waals surface area (Å²) in [6.45, 7) is 6.47. The van der Waals surface area contributed by atoms with Crippen LogP contribution in [0.3, 0.4) is 0 Å². The van der Waals surface area contributed by atoms with Gasteiger partial charge in [-0.3, -0.25) is 19.2 Å². The van der Waals surface area contributed by atoms with Gasteiger partial charge in [0.2, 0.25) is 23.6 Å². The quantitative estimate of drug-likeness (QED) is 0.115. The van der Waals surface area contributed by atoms with E-state index in [1.165, 1.54) is 49.9 Å². The minimum Gasteiger partial charge on any atom is -0.507 e. The first-order chi connectivity index (χ1) is 27.2. The van der Waals surface area contributed by atoms with Gasteiger partial charge in [-0.2, -0.15) is 0 Å². The van der Waals surface area contributed by atoms with E-state index in [9.17, 15) is 29.4 Å². The van der Waals surface area contributed by atoms with Crippen LogP contribution < -0.4 is 11.5 Å². The Morgan fingerprint density at radius 2 is 0.930 bits per heavy atom. The highest BCUT2D eigenvalue weighted by molar-refractivity contribution is 7.99. The number of aromatic hydroxyl groups is 2. The number of carbonyl (C=O) groups excluding carboxylic acids is 4. The monoisotopic (exact) mass is 828 g/mol. The van der Waals surface area contributed by atoms with E-state index in [-0.39, 0.29) is 45.2 Å². The third kappa shape index (κ3) is 9.33. The summed E-state index contributed by atoms with van der Waals surface area (Å²) >= 11 is 15.6. The lowest BCUT2D eigenvalue weighted by molar-refractivity contribution is -0.135. The first-order valence-corrected chi connectivity index (χ1v) is 19.7. The Morgan fingerprint density at radius 3 is 1.26 bits per heavy atom. The SMILES string of the molecule is CC(=O)N1CCN(C(=O)C=Cc2ccc(Sc3ccc(C=CC(=O)N4CCN(C(C)=O)CC4)c(-c4ccc(N)cc4O)c3Cl)c(Cl)c2-c2ccc(N)cc2O)CC1. The van der Waals surface area contributed by atoms with Crippen molar-refractivity contribution in [1.29, 1.82) is 0 Å². The molecular weight excluding hydrogens is 787 g/mol. The fraction of sp³-hybridized carbons (Fsp3) is 0.238. The molecule has 2 heterocycles. The van der Waals surface area contributed by atoms with Gasteiger partial charge in [0.05, 0.1) is 10.0 Å². The van der Waals surface area contributed by atoms with Crippen LogP contribution in [0.2, 0.25) is 10.0 Å². The summed E-state index contributed by atoms with van der Waals surface area (Å²) in [7, 11) is 0. The number of nitrogens with two attached hydrogens (primary N) is 2. The van der Waals surface area contributed by atoms with Gasteiger partial charge in [-0.15, -0.1) is 0 Å². The Bertz CT molecular complexity index is 2140. The molecule has 0 aliphatic carbocycles. The van der Waals surface area contributed by atoms with Crippen molar-refractivity contribution in [2.24, 2.45) is 0 Å². The molecule has 6 N–H and O–H groups in total. The van der Waals surface area contributed by atoms with E-state index < -0.39 is 0 Å². The molecule has 0 bridgehead atoms. The summed E-state index contributed by atoms with van der Waals surface area (Å²) in [6.07, 6.45) is 6.19. The van der Waals surface area contributed by atoms with Crippen LogP contribution in [-0.2, 0) is 19.2 Å². The fourth-order valence-corrected chi connectivity index (χ4v) is 8.45. The van der Waals surface area contributed by atoms with Crippen molar-refractivity contribution in [2.45, 2.75) is 23.6 Å². The van der Waals surface area contributed by atoms with E-state index in [2.05, 4.69) is 0 Å². The highest BCUT2D eigenvalue weighted by atomic mass is 35.5. The van der Waals surface area contributed by atoms with E-state index in [1.54, 1.807) is 80.3 Å². The Hall–Kier alpha value is -5.63. The van der Waals surface area contributed by atoms with Gasteiger partial charge in [-0.25, -0.2) is 0 Å². The lowest BCUT2D eigenvalue weighted by Gasteiger charge is -2.33. The molecule has 0 aromatic heterocycles. The zero-order chi connectivity index (χ0) is 41.0. The molecule has 15 heteroatoms. The fourth-order valence-electron chi connectivity index (χ4n) is 6.78. The smallest absolute Gasteiger partial charge is 0.246 e. The van der Waals surface area contributed by atoms with Gasteiger partial charge in [0.25, 0.3) is 0 Å². The minimum atomic E-state index is -0.225. The lowest BCUT2D eigenvalue weighted by atomic mass is 9.97. The maximum Gasteiger partial charge on any atom is 0.246 e. The molecule has 2 aliphatic rings. The predicted octanol–water partition coefficient (Wildman–Crippen LogP) is 6.46. The van der Waals surface area contributed by atoms with Crippen molar-refractivity contribution in [1.82, 2.24) is 19.6 Å². The summed E-state index contributed by atoms with van der Waals surface area (Å²) in [5.41, 5.74) is 15.5. The first kappa shape index (κ1) is 41.0. The number of nitrogens with zero attached hydrogens (tertiary/aromatic N) is 4. The van der Waals surface area contributed by atoms with E-state index in [0.717, 1.165) is 0 Å². The van der Waals surface area contributed by atoms with Crippen molar-refractivity contribution in [3.05, 3.63) is 94.0 Å². The Balaban J connectivity index is 1.35. The predicted molar refractivity (Wildman–Crippen MR) is 226 cm³/mol. The van der Waals surface area contributed by atoms with Crippen molar-refractivity contribution >= 4 is 82.1 Å². The van der Waals surface area contributed by atoms with E-state index >= 15 is 0 Å². The summed E-state index contributed by atoms with van der Waals surface area (Å²) < 4.78 is 0. The average molecular weight is 830 g/mol. The molecule has 57 heavy (non-hydrogen) atoms. The first-order valence-electron chi connectivity index (χ1n) is 18.2. The van der Waals surface area contributed by atoms with Crippen LogP contribution in [0.5, 0.6) is 11.5 Å². The maximum atomic E-state index is 13.2. The van der Waals surface area contributed by atoms with Crippen LogP contribution in [0.1, 0.15) is 25.0 Å². The van der Waals surface area contributed by atoms with Gasteiger partial charge >= 0.3 is 0 Å². The molecule has 0 unspecified atom stereocenters. The number of carbonyl (C=O) groups is 4. The molecule has 4 aromatic carbocycles. The lowest BCUT2D eigenvalue weighted by Crippen LogP contribution is -2.49. The number of halogens is 2. The number of phenolic OH excluding ortho intramolecular Hbond substituents is 2. The van der Waals surface area contributed by atoms with E-state index in [4.69, 9.17) is 34.7 Å². The molecule has 4 amide bonds. The number of rotatable bonds is 8. The number of amides is 4. The highest BCUT2D eigenvalue weighted by Crippen LogP contribution is 2.48. The van der Waals surface area contributed by atoms with Crippen molar-refractivity contribution in [3.8, 4) is 33.8 Å². The molecule has 6 rings (SSSR count). The molecule has 0 atom stereocenters. The maximum absolute atomic E-state index is 13.2. The molecule has 0 spiro atoms. The van der Waals surface area contributed by atoms with E-state index in [0.29, 0.717) is 107 Å². The number of hydrogen-bond acceptors (Lipinski definition) is 9. The van der Waals surface area contributed by atoms with Crippen LogP contribution in [0.15, 0.2) is 82.6 Å². The average Bonchev–Trinajstić information content (AvgIpc) is 3.18. The molecule has 296 valence electrons. The third-order valence-electron chi connectivity index (χ3n) is 9.96. The zero-order valence-corrected chi connectivity index (χ0v) is 33.7. The molecule has 2 aliphatic heterocycles. The Kier molecular flexibility index (Phi) is 12.7. The number of anilines is 2. The topological polar surface area (TPSA) is 174 Å².